The summed E-state index contributed by atoms with van der Waals surface area (Å²) in [6.07, 6.45) is 6.50. The van der Waals surface area contributed by atoms with Gasteiger partial charge in [0.15, 0.2) is 0 Å². The molecule has 1 fully saturated rings. The molecule has 0 heterocycles. The van der Waals surface area contributed by atoms with E-state index in [0.717, 1.165) is 18.9 Å². The van der Waals surface area contributed by atoms with E-state index < -0.39 is 0 Å². The molecule has 0 spiro atoms. The molecule has 0 aliphatic heterocycles. The van der Waals surface area contributed by atoms with Gasteiger partial charge in [-0.2, -0.15) is 0 Å². The normalized spacial score (nSPS) is 16.7. The number of nitrogens with zero attached hydrogens (tertiary/aromatic N) is 1. The van der Waals surface area contributed by atoms with Gasteiger partial charge in [0, 0.05) is 13.1 Å². The van der Waals surface area contributed by atoms with Crippen LogP contribution in [0.5, 0.6) is 0 Å². The minimum absolute atomic E-state index is 0.0548. The van der Waals surface area contributed by atoms with E-state index in [1.165, 1.54) is 31.2 Å². The molecule has 0 bridgehead atoms. The Morgan fingerprint density at radius 1 is 1.18 bits per heavy atom. The van der Waals surface area contributed by atoms with Gasteiger partial charge in [0.25, 0.3) is 0 Å². The van der Waals surface area contributed by atoms with Crippen molar-refractivity contribution in [3.63, 3.8) is 0 Å². The number of carbonyl (C=O) groups excluding carboxylic acids is 1. The first-order valence-corrected chi connectivity index (χ1v) is 8.40. The Labute approximate surface area is 134 Å². The highest BCUT2D eigenvalue weighted by Crippen LogP contribution is 2.26. The number of urea groups is 1. The van der Waals surface area contributed by atoms with E-state index in [2.05, 4.69) is 27.7 Å². The summed E-state index contributed by atoms with van der Waals surface area (Å²) >= 11 is 0. The third-order valence-corrected chi connectivity index (χ3v) is 4.58. The third-order valence-electron chi connectivity index (χ3n) is 4.58. The first kappa shape index (κ1) is 16.8. The summed E-state index contributed by atoms with van der Waals surface area (Å²) in [4.78, 5) is 14.1. The van der Waals surface area contributed by atoms with Gasteiger partial charge in [0.2, 0.25) is 0 Å². The van der Waals surface area contributed by atoms with E-state index in [-0.39, 0.29) is 12.1 Å². The molecule has 0 radical (unpaired) electrons. The molecule has 2 N–H and O–H groups in total. The van der Waals surface area contributed by atoms with Gasteiger partial charge in [-0.3, -0.25) is 0 Å². The van der Waals surface area contributed by atoms with E-state index in [4.69, 9.17) is 0 Å². The molecular formula is C18H29N3O. The van der Waals surface area contributed by atoms with Gasteiger partial charge < -0.3 is 15.5 Å². The Balaban J connectivity index is 1.71. The molecule has 1 atom stereocenters. The summed E-state index contributed by atoms with van der Waals surface area (Å²) in [5, 5.41) is 5.98. The summed E-state index contributed by atoms with van der Waals surface area (Å²) in [7, 11) is 4.08. The average Bonchev–Trinajstić information content (AvgIpc) is 3.01. The monoisotopic (exact) mass is 303 g/mol. The molecule has 1 aromatic carbocycles. The van der Waals surface area contributed by atoms with Crippen LogP contribution in [-0.4, -0.2) is 38.1 Å². The standard InChI is InChI=1S/C18H29N3O/c1-21(2)17(16-10-4-3-5-11-16)14-20-18(22)19-13-12-15-8-6-7-9-15/h3-5,10-11,15,17H,6-9,12-14H2,1-2H3,(H2,19,20,22)/t17-/m0/s1. The Kier molecular flexibility index (Phi) is 6.72. The number of carbonyl (C=O) groups is 1. The van der Waals surface area contributed by atoms with Crippen molar-refractivity contribution in [1.82, 2.24) is 15.5 Å². The molecule has 4 heteroatoms. The average molecular weight is 303 g/mol. The second-order valence-corrected chi connectivity index (χ2v) is 6.47. The SMILES string of the molecule is CN(C)[C@@H](CNC(=O)NCCC1CCCC1)c1ccccc1. The maximum Gasteiger partial charge on any atom is 0.314 e. The Hall–Kier alpha value is -1.55. The summed E-state index contributed by atoms with van der Waals surface area (Å²) in [5.41, 5.74) is 1.22. The zero-order chi connectivity index (χ0) is 15.8. The fourth-order valence-corrected chi connectivity index (χ4v) is 3.21. The quantitative estimate of drug-likeness (QED) is 0.812. The number of rotatable bonds is 7. The van der Waals surface area contributed by atoms with Crippen LogP contribution >= 0.6 is 0 Å². The Morgan fingerprint density at radius 3 is 2.50 bits per heavy atom. The lowest BCUT2D eigenvalue weighted by atomic mass is 10.0. The summed E-state index contributed by atoms with van der Waals surface area (Å²) < 4.78 is 0. The Bertz CT molecular complexity index is 441. The summed E-state index contributed by atoms with van der Waals surface area (Å²) in [5.74, 6) is 0.819. The molecular weight excluding hydrogens is 274 g/mol. The molecule has 1 aliphatic carbocycles. The van der Waals surface area contributed by atoms with Crippen molar-refractivity contribution in [2.75, 3.05) is 27.2 Å². The lowest BCUT2D eigenvalue weighted by molar-refractivity contribution is 0.232. The topological polar surface area (TPSA) is 44.4 Å². The molecule has 122 valence electrons. The van der Waals surface area contributed by atoms with Crippen molar-refractivity contribution in [1.29, 1.82) is 0 Å². The van der Waals surface area contributed by atoms with Crippen LogP contribution in [0.2, 0.25) is 0 Å². The summed E-state index contributed by atoms with van der Waals surface area (Å²) in [6, 6.07) is 10.4. The Morgan fingerprint density at radius 2 is 1.86 bits per heavy atom. The van der Waals surface area contributed by atoms with Gasteiger partial charge in [-0.25, -0.2) is 4.79 Å². The van der Waals surface area contributed by atoms with E-state index in [9.17, 15) is 4.79 Å². The maximum absolute atomic E-state index is 11.9. The molecule has 0 saturated heterocycles. The molecule has 2 rings (SSSR count). The number of nitrogens with one attached hydrogen (secondary N) is 2. The highest BCUT2D eigenvalue weighted by molar-refractivity contribution is 5.73. The van der Waals surface area contributed by atoms with Crippen molar-refractivity contribution >= 4 is 6.03 Å². The molecule has 1 aromatic rings. The van der Waals surface area contributed by atoms with E-state index >= 15 is 0 Å². The predicted octanol–water partition coefficient (Wildman–Crippen LogP) is 3.17. The second-order valence-electron chi connectivity index (χ2n) is 6.47. The minimum atomic E-state index is -0.0548. The van der Waals surface area contributed by atoms with Crippen LogP contribution in [0, 0.1) is 5.92 Å². The lowest BCUT2D eigenvalue weighted by Crippen LogP contribution is -2.41. The van der Waals surface area contributed by atoms with E-state index in [1.54, 1.807) is 0 Å². The zero-order valence-electron chi connectivity index (χ0n) is 13.8. The molecule has 1 aliphatic rings. The van der Waals surface area contributed by atoms with Gasteiger partial charge in [0.1, 0.15) is 0 Å². The minimum Gasteiger partial charge on any atom is -0.338 e. The smallest absolute Gasteiger partial charge is 0.314 e. The van der Waals surface area contributed by atoms with Gasteiger partial charge in [-0.05, 0) is 32.0 Å². The first-order chi connectivity index (χ1) is 10.7. The largest absolute Gasteiger partial charge is 0.338 e. The van der Waals surface area contributed by atoms with Crippen LogP contribution in [0.3, 0.4) is 0 Å². The number of hydrogen-bond acceptors (Lipinski definition) is 2. The molecule has 22 heavy (non-hydrogen) atoms. The highest BCUT2D eigenvalue weighted by atomic mass is 16.2. The molecule has 0 unspecified atom stereocenters. The fourth-order valence-electron chi connectivity index (χ4n) is 3.21. The maximum atomic E-state index is 11.9. The van der Waals surface area contributed by atoms with Crippen molar-refractivity contribution in [2.45, 2.75) is 38.1 Å². The van der Waals surface area contributed by atoms with Crippen molar-refractivity contribution < 1.29 is 4.79 Å². The van der Waals surface area contributed by atoms with Crippen LogP contribution in [0.4, 0.5) is 4.79 Å². The number of hydrogen-bond donors (Lipinski definition) is 2. The van der Waals surface area contributed by atoms with E-state index in [0.29, 0.717) is 6.54 Å². The summed E-state index contributed by atoms with van der Waals surface area (Å²) in [6.45, 7) is 1.40. The van der Waals surface area contributed by atoms with Crippen LogP contribution in [-0.2, 0) is 0 Å². The van der Waals surface area contributed by atoms with Gasteiger partial charge in [-0.15, -0.1) is 0 Å². The number of amides is 2. The van der Waals surface area contributed by atoms with Crippen molar-refractivity contribution in [3.8, 4) is 0 Å². The van der Waals surface area contributed by atoms with Crippen molar-refractivity contribution in [2.24, 2.45) is 5.92 Å². The van der Waals surface area contributed by atoms with Gasteiger partial charge in [0.05, 0.1) is 6.04 Å². The van der Waals surface area contributed by atoms with Crippen LogP contribution < -0.4 is 10.6 Å². The third kappa shape index (κ3) is 5.34. The molecule has 0 aromatic heterocycles. The molecule has 2 amide bonds. The van der Waals surface area contributed by atoms with E-state index in [1.807, 2.05) is 32.3 Å². The molecule has 4 nitrogen and oxygen atoms in total. The number of likely N-dealkylation sites (N-methyl/N-ethyl adjacent to an activating group) is 1. The van der Waals surface area contributed by atoms with Crippen LogP contribution in [0.15, 0.2) is 30.3 Å². The number of benzene rings is 1. The first-order valence-electron chi connectivity index (χ1n) is 8.40. The highest BCUT2D eigenvalue weighted by Gasteiger charge is 2.16. The predicted molar refractivity (Wildman–Crippen MR) is 90.8 cm³/mol. The van der Waals surface area contributed by atoms with Gasteiger partial charge >= 0.3 is 6.03 Å². The van der Waals surface area contributed by atoms with Gasteiger partial charge in [-0.1, -0.05) is 56.0 Å². The second kappa shape index (κ2) is 8.79. The fraction of sp³-hybridized carbons (Fsp3) is 0.611. The molecule has 1 saturated carbocycles. The van der Waals surface area contributed by atoms with Crippen LogP contribution in [0.25, 0.3) is 0 Å². The lowest BCUT2D eigenvalue weighted by Gasteiger charge is -2.25. The zero-order valence-corrected chi connectivity index (χ0v) is 13.8. The van der Waals surface area contributed by atoms with Crippen LogP contribution in [0.1, 0.15) is 43.7 Å². The van der Waals surface area contributed by atoms with Crippen molar-refractivity contribution in [3.05, 3.63) is 35.9 Å².